The number of likely N-dealkylation sites (N-methyl/N-ethyl adjacent to an activating group) is 1. The first-order valence-electron chi connectivity index (χ1n) is 32.6. The predicted molar refractivity (Wildman–Crippen MR) is 344 cm³/mol. The van der Waals surface area contributed by atoms with E-state index in [2.05, 4.69) is 123 Å². The van der Waals surface area contributed by atoms with Crippen LogP contribution in [-0.4, -0.2) is 74.9 Å². The average molecular weight is 1140 g/mol. The maximum absolute atomic E-state index is 12.8. The Bertz CT molecular complexity index is 1720. The number of unbranched alkanes of at least 4 members (excludes halogenated alkanes) is 27. The number of carbonyl (C=O) groups is 2. The number of ether oxygens (including phenoxy) is 2. The largest absolute Gasteiger partial charge is 0.472 e. The summed E-state index contributed by atoms with van der Waals surface area (Å²) in [5.41, 5.74) is 0. The molecule has 1 N–H and O–H groups in total. The molecule has 0 aromatic heterocycles. The summed E-state index contributed by atoms with van der Waals surface area (Å²) in [7, 11) is 1.45. The van der Waals surface area contributed by atoms with Crippen LogP contribution in [0.15, 0.2) is 109 Å². The number of quaternary nitrogens is 1. The molecule has 0 saturated heterocycles. The van der Waals surface area contributed by atoms with Gasteiger partial charge in [-0.25, -0.2) is 4.57 Å². The molecule has 0 heterocycles. The highest BCUT2D eigenvalue weighted by Gasteiger charge is 2.27. The molecule has 0 aromatic carbocycles. The molecule has 9 nitrogen and oxygen atoms in total. The molecule has 10 heteroatoms. The van der Waals surface area contributed by atoms with Crippen LogP contribution in [0.5, 0.6) is 0 Å². The molecule has 0 aromatic rings. The first-order chi connectivity index (χ1) is 39.0. The van der Waals surface area contributed by atoms with Gasteiger partial charge in [0.15, 0.2) is 6.10 Å². The van der Waals surface area contributed by atoms with Crippen LogP contribution in [0.2, 0.25) is 0 Å². The number of nitrogens with zero attached hydrogens (tertiary/aromatic N) is 1. The van der Waals surface area contributed by atoms with E-state index in [1.807, 2.05) is 21.1 Å². The van der Waals surface area contributed by atoms with Crippen LogP contribution in [-0.2, 0) is 32.7 Å². The zero-order valence-electron chi connectivity index (χ0n) is 52.3. The number of allylic oxidation sites excluding steroid dienone is 18. The summed E-state index contributed by atoms with van der Waals surface area (Å²) in [4.78, 5) is 35.8. The summed E-state index contributed by atoms with van der Waals surface area (Å²) in [6.45, 7) is 4.30. The van der Waals surface area contributed by atoms with E-state index in [-0.39, 0.29) is 32.0 Å². The van der Waals surface area contributed by atoms with Gasteiger partial charge in [-0.2, -0.15) is 0 Å². The molecular weight excluding hydrogens is 1010 g/mol. The summed E-state index contributed by atoms with van der Waals surface area (Å²) in [6.07, 6.45) is 84.6. The smallest absolute Gasteiger partial charge is 0.462 e. The van der Waals surface area contributed by atoms with E-state index in [0.717, 1.165) is 103 Å². The van der Waals surface area contributed by atoms with Gasteiger partial charge in [0, 0.05) is 12.8 Å². The highest BCUT2D eigenvalue weighted by molar-refractivity contribution is 7.47. The molecule has 0 bridgehead atoms. The Labute approximate surface area is 493 Å². The highest BCUT2D eigenvalue weighted by Crippen LogP contribution is 2.43. The standard InChI is InChI=1S/C70H122NO8P/c1-6-8-10-12-14-16-18-20-22-24-26-28-30-32-34-35-37-38-40-42-44-46-48-50-52-54-56-58-60-62-69(72)76-66-68(67-78-80(74,75)77-65-64-71(3,4)5)79-70(73)63-61-59-57-55-53-51-49-47-45-43-41-39-36-33-31-29-27-25-23-21-19-17-15-13-11-9-7-2/h9,11,15,17-18,20-21,23-24,26-27,29,33,36,41,43,47,49,68H,6-8,10,12-14,16,19,22,25,28,30-32,34-35,37-40,42,44-46,48,50-67H2,1-5H3/p+1/b11-9-,17-15-,20-18-,23-21-,26-24-,29-27-,36-33-,43-41-,49-47-. The second-order valence-electron chi connectivity index (χ2n) is 22.8. The molecule has 0 rings (SSSR count). The lowest BCUT2D eigenvalue weighted by molar-refractivity contribution is -0.870. The third-order valence-electron chi connectivity index (χ3n) is 13.8. The van der Waals surface area contributed by atoms with Gasteiger partial charge >= 0.3 is 19.8 Å². The molecule has 460 valence electrons. The van der Waals surface area contributed by atoms with E-state index in [4.69, 9.17) is 18.5 Å². The molecule has 2 unspecified atom stereocenters. The van der Waals surface area contributed by atoms with Crippen molar-refractivity contribution in [1.29, 1.82) is 0 Å². The minimum atomic E-state index is -4.40. The summed E-state index contributed by atoms with van der Waals surface area (Å²) < 4.78 is 34.6. The monoisotopic (exact) mass is 1140 g/mol. The van der Waals surface area contributed by atoms with Gasteiger partial charge in [0.2, 0.25) is 0 Å². The molecule has 0 aliphatic heterocycles. The Balaban J connectivity index is 4.15. The lowest BCUT2D eigenvalue weighted by Gasteiger charge is -2.24. The van der Waals surface area contributed by atoms with Gasteiger partial charge in [0.1, 0.15) is 19.8 Å². The van der Waals surface area contributed by atoms with Gasteiger partial charge in [0.25, 0.3) is 0 Å². The Kier molecular flexibility index (Phi) is 57.8. The Morgan fingerprint density at radius 2 is 0.713 bits per heavy atom. The van der Waals surface area contributed by atoms with Gasteiger partial charge < -0.3 is 18.9 Å². The van der Waals surface area contributed by atoms with Gasteiger partial charge in [0.05, 0.1) is 27.7 Å². The molecule has 0 radical (unpaired) electrons. The zero-order chi connectivity index (χ0) is 58.4. The highest BCUT2D eigenvalue weighted by atomic mass is 31.2. The summed E-state index contributed by atoms with van der Waals surface area (Å²) in [5.74, 6) is -0.819. The summed E-state index contributed by atoms with van der Waals surface area (Å²) >= 11 is 0. The van der Waals surface area contributed by atoms with Gasteiger partial charge in [-0.05, 0) is 103 Å². The molecule has 0 aliphatic rings. The first-order valence-corrected chi connectivity index (χ1v) is 34.1. The topological polar surface area (TPSA) is 108 Å². The van der Waals surface area contributed by atoms with Crippen molar-refractivity contribution in [3.8, 4) is 0 Å². The lowest BCUT2D eigenvalue weighted by Crippen LogP contribution is -2.37. The molecule has 2 atom stereocenters. The van der Waals surface area contributed by atoms with Crippen LogP contribution in [0.1, 0.15) is 271 Å². The van der Waals surface area contributed by atoms with E-state index in [9.17, 15) is 19.0 Å². The minimum Gasteiger partial charge on any atom is -0.462 e. The number of esters is 2. The van der Waals surface area contributed by atoms with Crippen LogP contribution in [0.25, 0.3) is 0 Å². The number of carbonyl (C=O) groups excluding carboxylic acids is 2. The van der Waals surface area contributed by atoms with Crippen molar-refractivity contribution in [2.24, 2.45) is 0 Å². The second-order valence-corrected chi connectivity index (χ2v) is 24.2. The molecule has 0 aliphatic carbocycles. The van der Waals surface area contributed by atoms with Crippen molar-refractivity contribution in [1.82, 2.24) is 0 Å². The quantitative estimate of drug-likeness (QED) is 0.0211. The molecule has 0 saturated carbocycles. The van der Waals surface area contributed by atoms with Crippen molar-refractivity contribution in [2.75, 3.05) is 47.5 Å². The summed E-state index contributed by atoms with van der Waals surface area (Å²) in [6, 6.07) is 0. The van der Waals surface area contributed by atoms with Crippen molar-refractivity contribution in [2.45, 2.75) is 277 Å². The fourth-order valence-corrected chi connectivity index (χ4v) is 9.53. The molecule has 0 spiro atoms. The number of hydrogen-bond acceptors (Lipinski definition) is 7. The van der Waals surface area contributed by atoms with Crippen molar-refractivity contribution in [3.63, 3.8) is 0 Å². The van der Waals surface area contributed by atoms with E-state index in [1.165, 1.54) is 135 Å². The van der Waals surface area contributed by atoms with Crippen molar-refractivity contribution < 1.29 is 42.1 Å². The zero-order valence-corrected chi connectivity index (χ0v) is 53.2. The maximum atomic E-state index is 12.8. The van der Waals surface area contributed by atoms with E-state index >= 15 is 0 Å². The summed E-state index contributed by atoms with van der Waals surface area (Å²) in [5, 5.41) is 0. The van der Waals surface area contributed by atoms with Gasteiger partial charge in [-0.15, -0.1) is 0 Å². The van der Waals surface area contributed by atoms with Crippen LogP contribution in [0.4, 0.5) is 0 Å². The number of hydrogen-bond donors (Lipinski definition) is 1. The van der Waals surface area contributed by atoms with Gasteiger partial charge in [-0.1, -0.05) is 264 Å². The predicted octanol–water partition coefficient (Wildman–Crippen LogP) is 20.9. The number of phosphoric acid groups is 1. The average Bonchev–Trinajstić information content (AvgIpc) is 3.42. The van der Waals surface area contributed by atoms with E-state index in [0.29, 0.717) is 17.4 Å². The number of rotatable bonds is 59. The maximum Gasteiger partial charge on any atom is 0.472 e. The normalized spacial score (nSPS) is 13.9. The van der Waals surface area contributed by atoms with Crippen molar-refractivity contribution in [3.05, 3.63) is 109 Å². The minimum absolute atomic E-state index is 0.0227. The molecule has 80 heavy (non-hydrogen) atoms. The SMILES string of the molecule is CC/C=C\C/C=C\C/C=C\C/C=C\C/C=C\C/C=C\C/C=C\CCCCCCCC(=O)OC(COC(=O)CCCCCCCCCCCCCCCCCCC/C=C\C/C=C\CCCCCCC)COP(=O)(O)OCC[N+](C)(C)C. The van der Waals surface area contributed by atoms with Crippen molar-refractivity contribution >= 4 is 19.8 Å². The fourth-order valence-electron chi connectivity index (χ4n) is 8.79. The Morgan fingerprint density at radius 3 is 1.06 bits per heavy atom. The molecule has 0 amide bonds. The second kappa shape index (κ2) is 60.3. The third kappa shape index (κ3) is 63.8. The van der Waals surface area contributed by atoms with Gasteiger partial charge in [-0.3, -0.25) is 18.6 Å². The number of phosphoric ester groups is 1. The Hall–Kier alpha value is -3.33. The van der Waals surface area contributed by atoms with Crippen LogP contribution < -0.4 is 0 Å². The van der Waals surface area contributed by atoms with Crippen LogP contribution in [0, 0.1) is 0 Å². The van der Waals surface area contributed by atoms with Crippen LogP contribution in [0.3, 0.4) is 0 Å². The van der Waals surface area contributed by atoms with E-state index in [1.54, 1.807) is 0 Å². The first kappa shape index (κ1) is 76.7. The molecular formula is C70H123NO8P+. The van der Waals surface area contributed by atoms with Crippen LogP contribution >= 0.6 is 7.82 Å². The van der Waals surface area contributed by atoms with E-state index < -0.39 is 26.5 Å². The Morgan fingerprint density at radius 1 is 0.400 bits per heavy atom. The third-order valence-corrected chi connectivity index (χ3v) is 14.8. The molecule has 0 fully saturated rings. The fraction of sp³-hybridized carbons (Fsp3) is 0.714. The lowest BCUT2D eigenvalue weighted by atomic mass is 10.0.